The molecule has 0 saturated carbocycles. The first-order valence-electron chi connectivity index (χ1n) is 10.9. The van der Waals surface area contributed by atoms with Crippen molar-refractivity contribution < 1.29 is 27.4 Å². The summed E-state index contributed by atoms with van der Waals surface area (Å²) in [6, 6.07) is 11.7. The van der Waals surface area contributed by atoms with Crippen LogP contribution >= 0.6 is 0 Å². The van der Waals surface area contributed by atoms with Crippen molar-refractivity contribution in [2.24, 2.45) is 5.92 Å². The summed E-state index contributed by atoms with van der Waals surface area (Å²) in [7, 11) is 0. The molecule has 7 nitrogen and oxygen atoms in total. The van der Waals surface area contributed by atoms with Gasteiger partial charge in [-0.3, -0.25) is 4.79 Å². The zero-order valence-corrected chi connectivity index (χ0v) is 19.2. The third-order valence-corrected chi connectivity index (χ3v) is 4.69. The van der Waals surface area contributed by atoms with E-state index < -0.39 is 11.7 Å². The fraction of sp³-hybridized carbons (Fsp3) is 0.375. The van der Waals surface area contributed by atoms with Crippen LogP contribution in [0.3, 0.4) is 0 Å². The highest BCUT2D eigenvalue weighted by atomic mass is 19.4. The fourth-order valence-corrected chi connectivity index (χ4v) is 3.16. The minimum Gasteiger partial charge on any atom is -0.460 e. The monoisotopic (exact) mass is 476 g/mol. The molecule has 0 aliphatic heterocycles. The first-order valence-corrected chi connectivity index (χ1v) is 10.9. The summed E-state index contributed by atoms with van der Waals surface area (Å²) in [5.74, 6) is 0.317. The van der Waals surface area contributed by atoms with E-state index in [2.05, 4.69) is 15.4 Å². The molecule has 3 aromatic rings. The van der Waals surface area contributed by atoms with Gasteiger partial charge in [-0.05, 0) is 49.2 Å². The Bertz CT molecular complexity index is 1100. The first-order chi connectivity index (χ1) is 16.2. The van der Waals surface area contributed by atoms with E-state index >= 15 is 0 Å². The number of aromatic nitrogens is 3. The van der Waals surface area contributed by atoms with Gasteiger partial charge in [-0.1, -0.05) is 26.0 Å². The highest BCUT2D eigenvalue weighted by Crippen LogP contribution is 2.33. The van der Waals surface area contributed by atoms with Crippen LogP contribution in [0.4, 0.5) is 18.9 Å². The predicted octanol–water partition coefficient (Wildman–Crippen LogP) is 5.35. The van der Waals surface area contributed by atoms with Gasteiger partial charge in [-0.25, -0.2) is 4.68 Å². The zero-order chi connectivity index (χ0) is 24.7. The molecule has 3 rings (SSSR count). The number of amides is 1. The molecule has 1 N–H and O–H groups in total. The molecule has 0 radical (unpaired) electrons. The van der Waals surface area contributed by atoms with Crippen LogP contribution in [0.25, 0.3) is 17.1 Å². The molecule has 182 valence electrons. The van der Waals surface area contributed by atoms with E-state index in [1.54, 1.807) is 24.3 Å². The van der Waals surface area contributed by atoms with Gasteiger partial charge in [0.2, 0.25) is 5.91 Å². The van der Waals surface area contributed by atoms with Gasteiger partial charge in [-0.2, -0.15) is 18.2 Å². The van der Waals surface area contributed by atoms with E-state index in [1.165, 1.54) is 16.8 Å². The van der Waals surface area contributed by atoms with Crippen molar-refractivity contribution in [3.63, 3.8) is 0 Å². The van der Waals surface area contributed by atoms with Crippen molar-refractivity contribution >= 4 is 11.6 Å². The molecule has 2 aromatic carbocycles. The van der Waals surface area contributed by atoms with Crippen LogP contribution in [0, 0.1) is 5.92 Å². The molecule has 0 unspecified atom stereocenters. The molecule has 0 bridgehead atoms. The largest absolute Gasteiger partial charge is 0.460 e. The first kappa shape index (κ1) is 25.2. The van der Waals surface area contributed by atoms with Crippen LogP contribution in [-0.2, 0) is 15.7 Å². The Hall–Kier alpha value is -3.40. The lowest BCUT2D eigenvalue weighted by Crippen LogP contribution is -2.13. The highest BCUT2D eigenvalue weighted by molar-refractivity contribution is 5.90. The molecule has 0 aliphatic carbocycles. The molecule has 0 fully saturated rings. The molecular formula is C24H27F3N4O3. The Balaban J connectivity index is 1.92. The number of ether oxygens (including phenoxy) is 2. The molecule has 0 saturated heterocycles. The maximum Gasteiger partial charge on any atom is 0.416 e. The topological polar surface area (TPSA) is 78.3 Å². The van der Waals surface area contributed by atoms with Gasteiger partial charge in [0, 0.05) is 24.3 Å². The van der Waals surface area contributed by atoms with Crippen LogP contribution in [-0.4, -0.2) is 40.5 Å². The van der Waals surface area contributed by atoms with Gasteiger partial charge in [0.1, 0.15) is 6.61 Å². The number of benzene rings is 2. The molecule has 0 aliphatic rings. The standard InChI is InChI=1S/C24H27F3N4O3/c1-4-33-12-13-34-23-29-22(17-6-5-7-18(15-17)24(25,26)27)31(30-23)20-10-8-19(9-11-20)28-21(32)14-16(2)3/h5-11,15-16H,4,12-14H2,1-3H3,(H,28,32). The van der Waals surface area contributed by atoms with Gasteiger partial charge in [0.05, 0.1) is 17.9 Å². The molecule has 1 aromatic heterocycles. The van der Waals surface area contributed by atoms with Gasteiger partial charge < -0.3 is 14.8 Å². The molecule has 1 amide bonds. The smallest absolute Gasteiger partial charge is 0.416 e. The Morgan fingerprint density at radius 3 is 2.50 bits per heavy atom. The number of alkyl halides is 3. The number of hydrogen-bond donors (Lipinski definition) is 1. The van der Waals surface area contributed by atoms with Crippen molar-refractivity contribution in [1.82, 2.24) is 14.8 Å². The summed E-state index contributed by atoms with van der Waals surface area (Å²) in [4.78, 5) is 16.3. The summed E-state index contributed by atoms with van der Waals surface area (Å²) >= 11 is 0. The van der Waals surface area contributed by atoms with Crippen molar-refractivity contribution in [3.8, 4) is 23.1 Å². The van der Waals surface area contributed by atoms with Crippen molar-refractivity contribution in [1.29, 1.82) is 0 Å². The quantitative estimate of drug-likeness (QED) is 0.399. The summed E-state index contributed by atoms with van der Waals surface area (Å²) in [5, 5.41) is 7.16. The minimum atomic E-state index is -4.49. The number of nitrogens with one attached hydrogen (secondary N) is 1. The number of halogens is 3. The van der Waals surface area contributed by atoms with E-state index in [4.69, 9.17) is 9.47 Å². The van der Waals surface area contributed by atoms with Crippen LogP contribution in [0.15, 0.2) is 48.5 Å². The number of hydrogen-bond acceptors (Lipinski definition) is 5. The van der Waals surface area contributed by atoms with Crippen molar-refractivity contribution in [2.45, 2.75) is 33.4 Å². The molecule has 0 spiro atoms. The fourth-order valence-electron chi connectivity index (χ4n) is 3.16. The number of nitrogens with zero attached hydrogens (tertiary/aromatic N) is 3. The second-order valence-electron chi connectivity index (χ2n) is 7.95. The van der Waals surface area contributed by atoms with Crippen molar-refractivity contribution in [2.75, 3.05) is 25.1 Å². The van der Waals surface area contributed by atoms with Crippen LogP contribution in [0.1, 0.15) is 32.8 Å². The lowest BCUT2D eigenvalue weighted by atomic mass is 10.1. The van der Waals surface area contributed by atoms with E-state index in [0.717, 1.165) is 12.1 Å². The third kappa shape index (κ3) is 6.80. The number of carbonyl (C=O) groups is 1. The van der Waals surface area contributed by atoms with Gasteiger partial charge in [0.25, 0.3) is 0 Å². The van der Waals surface area contributed by atoms with E-state index in [-0.39, 0.29) is 35.8 Å². The maximum absolute atomic E-state index is 13.3. The summed E-state index contributed by atoms with van der Waals surface area (Å²) in [5.41, 5.74) is 0.586. The Morgan fingerprint density at radius 1 is 1.12 bits per heavy atom. The van der Waals surface area contributed by atoms with Crippen LogP contribution < -0.4 is 10.1 Å². The van der Waals surface area contributed by atoms with E-state index in [1.807, 2.05) is 20.8 Å². The Kier molecular flexibility index (Phi) is 8.27. The molecule has 1 heterocycles. The predicted molar refractivity (Wildman–Crippen MR) is 122 cm³/mol. The zero-order valence-electron chi connectivity index (χ0n) is 19.2. The average Bonchev–Trinajstić information content (AvgIpc) is 3.20. The Labute approximate surface area is 195 Å². The second-order valence-corrected chi connectivity index (χ2v) is 7.95. The normalized spacial score (nSPS) is 11.6. The van der Waals surface area contributed by atoms with Crippen LogP contribution in [0.5, 0.6) is 6.01 Å². The Morgan fingerprint density at radius 2 is 1.85 bits per heavy atom. The van der Waals surface area contributed by atoms with Gasteiger partial charge in [0.15, 0.2) is 5.82 Å². The number of carbonyl (C=O) groups excluding carboxylic acids is 1. The third-order valence-electron chi connectivity index (χ3n) is 4.69. The SMILES string of the molecule is CCOCCOc1nc(-c2cccc(C(F)(F)F)c2)n(-c2ccc(NC(=O)CC(C)C)cc2)n1. The number of rotatable bonds is 10. The summed E-state index contributed by atoms with van der Waals surface area (Å²) in [6.07, 6.45) is -4.10. The molecule has 10 heteroatoms. The van der Waals surface area contributed by atoms with E-state index in [9.17, 15) is 18.0 Å². The lowest BCUT2D eigenvalue weighted by Gasteiger charge is -2.11. The van der Waals surface area contributed by atoms with Crippen molar-refractivity contribution in [3.05, 3.63) is 54.1 Å². The summed E-state index contributed by atoms with van der Waals surface area (Å²) in [6.45, 7) is 6.82. The number of anilines is 1. The van der Waals surface area contributed by atoms with Gasteiger partial charge in [-0.15, -0.1) is 5.10 Å². The minimum absolute atomic E-state index is 0.0152. The maximum atomic E-state index is 13.3. The van der Waals surface area contributed by atoms with Crippen LogP contribution in [0.2, 0.25) is 0 Å². The molecule has 34 heavy (non-hydrogen) atoms. The molecular weight excluding hydrogens is 449 g/mol. The highest BCUT2D eigenvalue weighted by Gasteiger charge is 2.31. The second kappa shape index (κ2) is 11.1. The lowest BCUT2D eigenvalue weighted by molar-refractivity contribution is -0.137. The van der Waals surface area contributed by atoms with Gasteiger partial charge >= 0.3 is 12.2 Å². The summed E-state index contributed by atoms with van der Waals surface area (Å²) < 4.78 is 52.0. The van der Waals surface area contributed by atoms with E-state index in [0.29, 0.717) is 31.0 Å². The average molecular weight is 476 g/mol. The molecule has 0 atom stereocenters.